The first-order valence-electron chi connectivity index (χ1n) is 9.59. The van der Waals surface area contributed by atoms with E-state index >= 15 is 0 Å². The van der Waals surface area contributed by atoms with Crippen molar-refractivity contribution in [3.63, 3.8) is 0 Å². The number of nitrogens with zero attached hydrogens (tertiary/aromatic N) is 2. The monoisotopic (exact) mass is 423 g/mol. The molecular weight excluding hydrogens is 402 g/mol. The van der Waals surface area contributed by atoms with Gasteiger partial charge in [0, 0.05) is 29.8 Å². The van der Waals surface area contributed by atoms with E-state index in [1.807, 2.05) is 44.2 Å². The Kier molecular flexibility index (Phi) is 6.69. The van der Waals surface area contributed by atoms with E-state index < -0.39 is 5.91 Å². The van der Waals surface area contributed by atoms with Crippen molar-refractivity contribution < 1.29 is 14.7 Å². The summed E-state index contributed by atoms with van der Waals surface area (Å²) in [5.74, 6) is -0.564. The molecule has 3 aromatic carbocycles. The van der Waals surface area contributed by atoms with Gasteiger partial charge in [-0.1, -0.05) is 41.9 Å². The van der Waals surface area contributed by atoms with E-state index in [1.165, 1.54) is 24.4 Å². The fourth-order valence-electron chi connectivity index (χ4n) is 3.18. The third-order valence-electron chi connectivity index (χ3n) is 4.82. The average Bonchev–Trinajstić information content (AvgIpc) is 2.76. The molecule has 3 rings (SSSR count). The van der Waals surface area contributed by atoms with Gasteiger partial charge in [-0.25, -0.2) is 5.43 Å². The average molecular weight is 424 g/mol. The Morgan fingerprint density at radius 1 is 1.07 bits per heavy atom. The number of hydrazone groups is 1. The number of fused-ring (bicyclic) bond motifs is 1. The van der Waals surface area contributed by atoms with Crippen LogP contribution < -0.4 is 5.43 Å². The number of rotatable bonds is 6. The van der Waals surface area contributed by atoms with Gasteiger partial charge in [0.15, 0.2) is 0 Å². The summed E-state index contributed by atoms with van der Waals surface area (Å²) in [6, 6.07) is 15.4. The number of nitrogens with one attached hydrogen (secondary N) is 1. The highest BCUT2D eigenvalue weighted by atomic mass is 35.5. The van der Waals surface area contributed by atoms with Gasteiger partial charge in [0.1, 0.15) is 5.75 Å². The number of hydrogen-bond acceptors (Lipinski definition) is 4. The summed E-state index contributed by atoms with van der Waals surface area (Å²) in [6.45, 7) is 5.18. The first-order chi connectivity index (χ1) is 14.5. The minimum absolute atomic E-state index is 0.0165. The molecule has 0 atom stereocenters. The molecule has 6 nitrogen and oxygen atoms in total. The van der Waals surface area contributed by atoms with E-state index in [-0.39, 0.29) is 22.2 Å². The van der Waals surface area contributed by atoms with Gasteiger partial charge in [-0.3, -0.25) is 9.59 Å². The van der Waals surface area contributed by atoms with Crippen LogP contribution in [0.2, 0.25) is 5.02 Å². The molecule has 0 heterocycles. The normalized spacial score (nSPS) is 11.0. The summed E-state index contributed by atoms with van der Waals surface area (Å²) in [5, 5.41) is 15.3. The number of carbonyl (C=O) groups excluding carboxylic acids is 2. The van der Waals surface area contributed by atoms with Crippen LogP contribution in [0.1, 0.15) is 40.1 Å². The number of hydrogen-bond donors (Lipinski definition) is 2. The van der Waals surface area contributed by atoms with Crippen molar-refractivity contribution in [3.8, 4) is 5.75 Å². The van der Waals surface area contributed by atoms with Gasteiger partial charge in [-0.2, -0.15) is 5.10 Å². The van der Waals surface area contributed by atoms with Crippen molar-refractivity contribution in [2.24, 2.45) is 5.10 Å². The smallest absolute Gasteiger partial charge is 0.271 e. The van der Waals surface area contributed by atoms with Crippen molar-refractivity contribution in [2.45, 2.75) is 13.8 Å². The Balaban J connectivity index is 1.86. The van der Waals surface area contributed by atoms with Gasteiger partial charge in [0.2, 0.25) is 0 Å². The van der Waals surface area contributed by atoms with Crippen LogP contribution >= 0.6 is 11.6 Å². The van der Waals surface area contributed by atoms with Crippen LogP contribution in [0.15, 0.2) is 59.7 Å². The predicted molar refractivity (Wildman–Crippen MR) is 119 cm³/mol. The molecule has 0 aliphatic rings. The maximum atomic E-state index is 12.9. The van der Waals surface area contributed by atoms with E-state index in [1.54, 1.807) is 11.0 Å². The maximum absolute atomic E-state index is 12.9. The molecule has 3 aromatic rings. The SMILES string of the molecule is CCN(CC)C(=O)c1ccc(/C=N/NC(=O)c2ccc(O)c(Cl)c2)c2ccccc12. The number of carbonyl (C=O) groups is 2. The van der Waals surface area contributed by atoms with Crippen LogP contribution in [0.4, 0.5) is 0 Å². The van der Waals surface area contributed by atoms with Gasteiger partial charge in [-0.05, 0) is 48.9 Å². The zero-order valence-electron chi connectivity index (χ0n) is 16.7. The van der Waals surface area contributed by atoms with Crippen LogP contribution in [-0.2, 0) is 0 Å². The number of aromatic hydroxyl groups is 1. The molecule has 0 saturated heterocycles. The molecular formula is C23H22ClN3O3. The second-order valence-corrected chi connectivity index (χ2v) is 7.00. The molecule has 154 valence electrons. The van der Waals surface area contributed by atoms with Gasteiger partial charge < -0.3 is 10.0 Å². The first-order valence-corrected chi connectivity index (χ1v) is 9.97. The fourth-order valence-corrected chi connectivity index (χ4v) is 3.36. The van der Waals surface area contributed by atoms with Crippen molar-refractivity contribution in [1.82, 2.24) is 10.3 Å². The largest absolute Gasteiger partial charge is 0.506 e. The van der Waals surface area contributed by atoms with Gasteiger partial charge in [0.05, 0.1) is 11.2 Å². The quantitative estimate of drug-likeness (QED) is 0.454. The number of phenols is 1. The lowest BCUT2D eigenvalue weighted by Crippen LogP contribution is -2.30. The summed E-state index contributed by atoms with van der Waals surface area (Å²) in [6.07, 6.45) is 1.54. The maximum Gasteiger partial charge on any atom is 0.271 e. The minimum atomic E-state index is -0.453. The van der Waals surface area contributed by atoms with E-state index in [0.717, 1.165) is 16.3 Å². The molecule has 30 heavy (non-hydrogen) atoms. The van der Waals surface area contributed by atoms with Crippen molar-refractivity contribution in [1.29, 1.82) is 0 Å². The number of benzene rings is 3. The molecule has 0 aromatic heterocycles. The second-order valence-electron chi connectivity index (χ2n) is 6.59. The lowest BCUT2D eigenvalue weighted by atomic mass is 9.99. The van der Waals surface area contributed by atoms with Crippen LogP contribution in [0, 0.1) is 0 Å². The zero-order valence-corrected chi connectivity index (χ0v) is 17.5. The Labute approximate surface area is 179 Å². The fraction of sp³-hybridized carbons (Fsp3) is 0.174. The van der Waals surface area contributed by atoms with Crippen LogP contribution in [-0.4, -0.2) is 41.1 Å². The first kappa shape index (κ1) is 21.3. The molecule has 0 saturated carbocycles. The molecule has 2 amide bonds. The van der Waals surface area contributed by atoms with Gasteiger partial charge in [0.25, 0.3) is 11.8 Å². The topological polar surface area (TPSA) is 82.0 Å². The van der Waals surface area contributed by atoms with E-state index in [2.05, 4.69) is 10.5 Å². The summed E-state index contributed by atoms with van der Waals surface area (Å²) < 4.78 is 0. The number of halogens is 1. The summed E-state index contributed by atoms with van der Waals surface area (Å²) in [5.41, 5.74) is 4.13. The minimum Gasteiger partial charge on any atom is -0.506 e. The van der Waals surface area contributed by atoms with Crippen molar-refractivity contribution >= 4 is 40.4 Å². The zero-order chi connectivity index (χ0) is 21.7. The molecule has 0 fully saturated rings. The number of amides is 2. The Morgan fingerprint density at radius 3 is 2.43 bits per heavy atom. The van der Waals surface area contributed by atoms with E-state index in [9.17, 15) is 14.7 Å². The highest BCUT2D eigenvalue weighted by Crippen LogP contribution is 2.24. The highest BCUT2D eigenvalue weighted by molar-refractivity contribution is 6.32. The summed E-state index contributed by atoms with van der Waals surface area (Å²) in [7, 11) is 0. The summed E-state index contributed by atoms with van der Waals surface area (Å²) in [4.78, 5) is 26.9. The van der Waals surface area contributed by atoms with Crippen LogP contribution in [0.3, 0.4) is 0 Å². The molecule has 2 N–H and O–H groups in total. The van der Waals surface area contributed by atoms with Gasteiger partial charge >= 0.3 is 0 Å². The summed E-state index contributed by atoms with van der Waals surface area (Å²) >= 11 is 5.84. The Hall–Kier alpha value is -3.38. The lowest BCUT2D eigenvalue weighted by Gasteiger charge is -2.20. The van der Waals surface area contributed by atoms with Gasteiger partial charge in [-0.15, -0.1) is 0 Å². The second kappa shape index (κ2) is 9.41. The highest BCUT2D eigenvalue weighted by Gasteiger charge is 2.16. The number of phenolic OH excluding ortho intramolecular Hbond substituents is 1. The molecule has 0 aliphatic heterocycles. The van der Waals surface area contributed by atoms with E-state index in [0.29, 0.717) is 18.7 Å². The predicted octanol–water partition coefficient (Wildman–Crippen LogP) is 4.44. The standard InChI is InChI=1S/C23H22ClN3O3/c1-3-27(4-2)23(30)19-11-9-16(17-7-5-6-8-18(17)19)14-25-26-22(29)15-10-12-21(28)20(24)13-15/h5-14,28H,3-4H2,1-2H3,(H,26,29)/b25-14+. The van der Waals surface area contributed by atoms with Crippen LogP contribution in [0.5, 0.6) is 5.75 Å². The van der Waals surface area contributed by atoms with Crippen LogP contribution in [0.25, 0.3) is 10.8 Å². The molecule has 0 unspecified atom stereocenters. The molecule has 0 spiro atoms. The van der Waals surface area contributed by atoms with Crippen molar-refractivity contribution in [3.05, 3.63) is 76.3 Å². The Bertz CT molecular complexity index is 1120. The third-order valence-corrected chi connectivity index (χ3v) is 5.12. The molecule has 0 aliphatic carbocycles. The van der Waals surface area contributed by atoms with Crippen molar-refractivity contribution in [2.75, 3.05) is 13.1 Å². The lowest BCUT2D eigenvalue weighted by molar-refractivity contribution is 0.0774. The van der Waals surface area contributed by atoms with E-state index in [4.69, 9.17) is 11.6 Å². The molecule has 0 radical (unpaired) electrons. The molecule has 7 heteroatoms. The Morgan fingerprint density at radius 2 is 1.77 bits per heavy atom. The molecule has 0 bridgehead atoms. The third kappa shape index (κ3) is 4.44.